The molecule has 1 aromatic rings. The van der Waals surface area contributed by atoms with Gasteiger partial charge in [0, 0.05) is 32.4 Å². The van der Waals surface area contributed by atoms with Crippen molar-refractivity contribution in [3.8, 4) is 0 Å². The lowest BCUT2D eigenvalue weighted by molar-refractivity contribution is 0.0921. The Hall–Kier alpha value is -1.38. The zero-order chi connectivity index (χ0) is 18.0. The van der Waals surface area contributed by atoms with Gasteiger partial charge in [-0.1, -0.05) is 6.92 Å². The third-order valence-electron chi connectivity index (χ3n) is 5.14. The Bertz CT molecular complexity index is 722. The molecule has 7 nitrogen and oxygen atoms in total. The maximum absolute atomic E-state index is 12.9. The zero-order valence-corrected chi connectivity index (χ0v) is 15.8. The minimum Gasteiger partial charge on any atom is -0.348 e. The molecule has 140 valence electrons. The first-order valence-corrected chi connectivity index (χ1v) is 10.5. The first-order chi connectivity index (χ1) is 11.9. The van der Waals surface area contributed by atoms with E-state index in [2.05, 4.69) is 17.6 Å². The zero-order valence-electron chi connectivity index (χ0n) is 15.0. The number of aromatic nitrogens is 1. The summed E-state index contributed by atoms with van der Waals surface area (Å²) in [6.07, 6.45) is 5.28. The molecule has 0 aromatic carbocycles. The van der Waals surface area contributed by atoms with E-state index in [-0.39, 0.29) is 16.8 Å². The van der Waals surface area contributed by atoms with Crippen LogP contribution in [0, 0.1) is 5.92 Å². The highest BCUT2D eigenvalue weighted by Crippen LogP contribution is 2.24. The number of carbonyl (C=O) groups excluding carboxylic acids is 1. The minimum atomic E-state index is -3.54. The lowest BCUT2D eigenvalue weighted by Gasteiger charge is -2.29. The summed E-state index contributed by atoms with van der Waals surface area (Å²) in [5, 5.41) is 6.28. The largest absolute Gasteiger partial charge is 0.348 e. The number of carbonyl (C=O) groups is 1. The van der Waals surface area contributed by atoms with Crippen LogP contribution >= 0.6 is 0 Å². The normalized spacial score (nSPS) is 23.5. The molecule has 0 spiro atoms. The maximum Gasteiger partial charge on any atom is 0.268 e. The predicted molar refractivity (Wildman–Crippen MR) is 95.9 cm³/mol. The Kier molecular flexibility index (Phi) is 5.50. The van der Waals surface area contributed by atoms with Gasteiger partial charge in [-0.3, -0.25) is 4.79 Å². The fourth-order valence-electron chi connectivity index (χ4n) is 3.64. The summed E-state index contributed by atoms with van der Waals surface area (Å²) in [5.41, 5.74) is 0.391. The first-order valence-electron chi connectivity index (χ1n) is 9.06. The lowest BCUT2D eigenvalue weighted by Crippen LogP contribution is -2.43. The molecular weight excluding hydrogens is 340 g/mol. The van der Waals surface area contributed by atoms with Crippen molar-refractivity contribution >= 4 is 15.9 Å². The number of hydrogen-bond acceptors (Lipinski definition) is 4. The molecule has 2 saturated heterocycles. The second-order valence-corrected chi connectivity index (χ2v) is 9.22. The van der Waals surface area contributed by atoms with Gasteiger partial charge in [0.15, 0.2) is 0 Å². The quantitative estimate of drug-likeness (QED) is 0.828. The van der Waals surface area contributed by atoms with Gasteiger partial charge < -0.3 is 15.2 Å². The molecule has 1 unspecified atom stereocenters. The van der Waals surface area contributed by atoms with Crippen molar-refractivity contribution < 1.29 is 13.2 Å². The molecule has 2 fully saturated rings. The van der Waals surface area contributed by atoms with Gasteiger partial charge in [-0.15, -0.1) is 0 Å². The van der Waals surface area contributed by atoms with Crippen LogP contribution in [0.2, 0.25) is 0 Å². The number of amides is 1. The van der Waals surface area contributed by atoms with Crippen LogP contribution in [-0.2, 0) is 17.1 Å². The predicted octanol–water partition coefficient (Wildman–Crippen LogP) is 0.928. The number of sulfonamides is 1. The average molecular weight is 369 g/mol. The molecule has 0 saturated carbocycles. The van der Waals surface area contributed by atoms with Gasteiger partial charge in [0.25, 0.3) is 5.91 Å². The number of rotatable bonds is 4. The summed E-state index contributed by atoms with van der Waals surface area (Å²) in [7, 11) is -1.82. The van der Waals surface area contributed by atoms with Crippen LogP contribution in [0.1, 0.15) is 43.1 Å². The SMILES string of the molecule is CC1CCCN(S(=O)(=O)c2cc(C(=O)NC3CCNCC3)n(C)c2)C1. The van der Waals surface area contributed by atoms with Crippen molar-refractivity contribution in [2.75, 3.05) is 26.2 Å². The van der Waals surface area contributed by atoms with Crippen molar-refractivity contribution in [2.45, 2.75) is 43.5 Å². The highest BCUT2D eigenvalue weighted by molar-refractivity contribution is 7.89. The van der Waals surface area contributed by atoms with Gasteiger partial charge in [-0.05, 0) is 50.8 Å². The topological polar surface area (TPSA) is 83.4 Å². The molecule has 0 radical (unpaired) electrons. The van der Waals surface area contributed by atoms with Crippen LogP contribution in [0.4, 0.5) is 0 Å². The van der Waals surface area contributed by atoms with E-state index in [1.54, 1.807) is 22.1 Å². The Morgan fingerprint density at radius 3 is 2.68 bits per heavy atom. The molecule has 3 rings (SSSR count). The van der Waals surface area contributed by atoms with Gasteiger partial charge >= 0.3 is 0 Å². The summed E-state index contributed by atoms with van der Waals surface area (Å²) in [5.74, 6) is 0.165. The van der Waals surface area contributed by atoms with Gasteiger partial charge in [-0.2, -0.15) is 4.31 Å². The molecule has 1 amide bonds. The van der Waals surface area contributed by atoms with Crippen LogP contribution in [0.3, 0.4) is 0 Å². The van der Waals surface area contributed by atoms with Crippen LogP contribution in [0.5, 0.6) is 0 Å². The molecule has 2 N–H and O–H groups in total. The fourth-order valence-corrected chi connectivity index (χ4v) is 5.31. The van der Waals surface area contributed by atoms with E-state index in [1.165, 1.54) is 6.07 Å². The molecule has 1 atom stereocenters. The summed E-state index contributed by atoms with van der Waals surface area (Å²) in [4.78, 5) is 12.7. The van der Waals surface area contributed by atoms with E-state index >= 15 is 0 Å². The van der Waals surface area contributed by atoms with Gasteiger partial charge in [0.05, 0.1) is 0 Å². The highest BCUT2D eigenvalue weighted by atomic mass is 32.2. The number of hydrogen-bond donors (Lipinski definition) is 2. The van der Waals surface area contributed by atoms with E-state index in [9.17, 15) is 13.2 Å². The molecule has 1 aromatic heterocycles. The molecule has 2 aliphatic rings. The molecular formula is C17H28N4O3S. The van der Waals surface area contributed by atoms with Crippen LogP contribution < -0.4 is 10.6 Å². The maximum atomic E-state index is 12.9. The third kappa shape index (κ3) is 4.07. The smallest absolute Gasteiger partial charge is 0.268 e. The van der Waals surface area contributed by atoms with Gasteiger partial charge in [0.1, 0.15) is 10.6 Å². The number of nitrogens with one attached hydrogen (secondary N) is 2. The van der Waals surface area contributed by atoms with Crippen molar-refractivity contribution in [3.63, 3.8) is 0 Å². The van der Waals surface area contributed by atoms with Crippen molar-refractivity contribution in [1.29, 1.82) is 0 Å². The molecule has 3 heterocycles. The molecule has 0 bridgehead atoms. The fraction of sp³-hybridized carbons (Fsp3) is 0.706. The molecule has 8 heteroatoms. The summed E-state index contributed by atoms with van der Waals surface area (Å²) in [6.45, 7) is 4.96. The van der Waals surface area contributed by atoms with Crippen molar-refractivity contribution in [1.82, 2.24) is 19.5 Å². The molecule has 25 heavy (non-hydrogen) atoms. The van der Waals surface area contributed by atoms with Crippen molar-refractivity contribution in [2.24, 2.45) is 13.0 Å². The summed E-state index contributed by atoms with van der Waals surface area (Å²) >= 11 is 0. The Balaban J connectivity index is 1.75. The summed E-state index contributed by atoms with van der Waals surface area (Å²) in [6, 6.07) is 1.65. The second kappa shape index (κ2) is 7.47. The summed E-state index contributed by atoms with van der Waals surface area (Å²) < 4.78 is 28.9. The van der Waals surface area contributed by atoms with Crippen molar-refractivity contribution in [3.05, 3.63) is 18.0 Å². The number of aryl methyl sites for hydroxylation is 1. The van der Waals surface area contributed by atoms with Gasteiger partial charge in [-0.25, -0.2) is 8.42 Å². The molecule has 2 aliphatic heterocycles. The van der Waals surface area contributed by atoms with Gasteiger partial charge in [0.2, 0.25) is 10.0 Å². The number of piperidine rings is 2. The van der Waals surface area contributed by atoms with E-state index < -0.39 is 10.0 Å². The first kappa shape index (κ1) is 18.4. The Morgan fingerprint density at radius 1 is 1.28 bits per heavy atom. The Labute approximate surface area is 149 Å². The highest BCUT2D eigenvalue weighted by Gasteiger charge is 2.30. The molecule has 0 aliphatic carbocycles. The number of nitrogens with zero attached hydrogens (tertiary/aromatic N) is 2. The second-order valence-electron chi connectivity index (χ2n) is 7.28. The standard InChI is InChI=1S/C17H28N4O3S/c1-13-4-3-9-21(11-13)25(23,24)15-10-16(20(2)12-15)17(22)19-14-5-7-18-8-6-14/h10,12-14,18H,3-9,11H2,1-2H3,(H,19,22). The van der Waals surface area contributed by atoms with E-state index in [1.807, 2.05) is 0 Å². The van der Waals surface area contributed by atoms with Crippen LogP contribution in [-0.4, -0.2) is 55.4 Å². The Morgan fingerprint density at radius 2 is 2.00 bits per heavy atom. The monoisotopic (exact) mass is 368 g/mol. The average Bonchev–Trinajstić information content (AvgIpc) is 2.98. The van der Waals surface area contributed by atoms with E-state index in [0.717, 1.165) is 38.8 Å². The minimum absolute atomic E-state index is 0.145. The van der Waals surface area contributed by atoms with Crippen LogP contribution in [0.15, 0.2) is 17.2 Å². The van der Waals surface area contributed by atoms with E-state index in [0.29, 0.717) is 24.7 Å². The lowest BCUT2D eigenvalue weighted by atomic mass is 10.0. The third-order valence-corrected chi connectivity index (χ3v) is 6.97. The van der Waals surface area contributed by atoms with Crippen LogP contribution in [0.25, 0.3) is 0 Å². The van der Waals surface area contributed by atoms with E-state index in [4.69, 9.17) is 0 Å².